The standard InChI is InChI=1S/C16H23NO4/c1-18-14-8-12(9-15-16(14)21-11-20-15)10-17-6-5-13-4-2-3-7-19-13/h8-9,13,17H,2-7,10-11H2,1H3. The lowest BCUT2D eigenvalue weighted by atomic mass is 10.1. The van der Waals surface area contributed by atoms with Gasteiger partial charge in [0, 0.05) is 13.2 Å². The van der Waals surface area contributed by atoms with Gasteiger partial charge in [0.25, 0.3) is 0 Å². The molecule has 2 heterocycles. The van der Waals surface area contributed by atoms with Crippen LogP contribution >= 0.6 is 0 Å². The molecule has 5 nitrogen and oxygen atoms in total. The van der Waals surface area contributed by atoms with Gasteiger partial charge in [-0.2, -0.15) is 0 Å². The van der Waals surface area contributed by atoms with Gasteiger partial charge in [-0.3, -0.25) is 0 Å². The van der Waals surface area contributed by atoms with E-state index >= 15 is 0 Å². The van der Waals surface area contributed by atoms with Crippen LogP contribution in [0.1, 0.15) is 31.2 Å². The van der Waals surface area contributed by atoms with E-state index in [-0.39, 0.29) is 6.79 Å². The average molecular weight is 293 g/mol. The molecule has 0 spiro atoms. The Morgan fingerprint density at radius 1 is 1.29 bits per heavy atom. The highest BCUT2D eigenvalue weighted by Gasteiger charge is 2.20. The fourth-order valence-corrected chi connectivity index (χ4v) is 2.82. The first-order chi connectivity index (χ1) is 10.4. The number of hydrogen-bond donors (Lipinski definition) is 1. The van der Waals surface area contributed by atoms with Crippen molar-refractivity contribution in [2.75, 3.05) is 27.1 Å². The van der Waals surface area contributed by atoms with Crippen LogP contribution in [0.25, 0.3) is 0 Å². The molecule has 0 amide bonds. The minimum absolute atomic E-state index is 0.265. The highest BCUT2D eigenvalue weighted by atomic mass is 16.7. The van der Waals surface area contributed by atoms with Gasteiger partial charge in [0.2, 0.25) is 12.5 Å². The summed E-state index contributed by atoms with van der Waals surface area (Å²) in [5.74, 6) is 2.20. The molecular formula is C16H23NO4. The lowest BCUT2D eigenvalue weighted by Gasteiger charge is -2.22. The quantitative estimate of drug-likeness (QED) is 0.817. The van der Waals surface area contributed by atoms with Crippen LogP contribution in [-0.2, 0) is 11.3 Å². The third-order valence-electron chi connectivity index (χ3n) is 3.96. The Bertz CT molecular complexity index is 472. The van der Waals surface area contributed by atoms with Gasteiger partial charge < -0.3 is 24.3 Å². The van der Waals surface area contributed by atoms with E-state index in [1.165, 1.54) is 19.3 Å². The van der Waals surface area contributed by atoms with Crippen LogP contribution in [0.4, 0.5) is 0 Å². The summed E-state index contributed by atoms with van der Waals surface area (Å²) in [7, 11) is 1.65. The van der Waals surface area contributed by atoms with Crippen molar-refractivity contribution >= 4 is 0 Å². The van der Waals surface area contributed by atoms with Gasteiger partial charge >= 0.3 is 0 Å². The molecule has 21 heavy (non-hydrogen) atoms. The van der Waals surface area contributed by atoms with Crippen molar-refractivity contribution in [2.24, 2.45) is 0 Å². The van der Waals surface area contributed by atoms with Gasteiger partial charge in [-0.05, 0) is 49.9 Å². The van der Waals surface area contributed by atoms with Gasteiger partial charge in [0.15, 0.2) is 11.5 Å². The minimum atomic E-state index is 0.265. The molecule has 1 N–H and O–H groups in total. The summed E-state index contributed by atoms with van der Waals surface area (Å²) in [6.07, 6.45) is 5.20. The Kier molecular flexibility index (Phi) is 4.83. The molecule has 1 aromatic carbocycles. The highest BCUT2D eigenvalue weighted by molar-refractivity contribution is 5.55. The van der Waals surface area contributed by atoms with Crippen molar-refractivity contribution in [1.29, 1.82) is 0 Å². The third-order valence-corrected chi connectivity index (χ3v) is 3.96. The molecule has 1 fully saturated rings. The summed E-state index contributed by atoms with van der Waals surface area (Å²) in [6.45, 7) is 2.94. The first kappa shape index (κ1) is 14.5. The lowest BCUT2D eigenvalue weighted by Crippen LogP contribution is -2.25. The van der Waals surface area contributed by atoms with Crippen molar-refractivity contribution in [2.45, 2.75) is 38.3 Å². The zero-order valence-electron chi connectivity index (χ0n) is 12.5. The molecule has 0 aromatic heterocycles. The Balaban J connectivity index is 1.49. The van der Waals surface area contributed by atoms with Gasteiger partial charge in [-0.25, -0.2) is 0 Å². The normalized spacial score (nSPS) is 20.5. The summed E-state index contributed by atoms with van der Waals surface area (Å²) in [6, 6.07) is 4.01. The van der Waals surface area contributed by atoms with Gasteiger partial charge in [-0.1, -0.05) is 0 Å². The summed E-state index contributed by atoms with van der Waals surface area (Å²) in [5, 5.41) is 3.46. The van der Waals surface area contributed by atoms with Gasteiger partial charge in [-0.15, -0.1) is 0 Å². The van der Waals surface area contributed by atoms with Crippen LogP contribution in [0.2, 0.25) is 0 Å². The van der Waals surface area contributed by atoms with Crippen LogP contribution in [0, 0.1) is 0 Å². The molecule has 0 saturated carbocycles. The van der Waals surface area contributed by atoms with Crippen LogP contribution in [0.5, 0.6) is 17.2 Å². The van der Waals surface area contributed by atoms with Crippen molar-refractivity contribution in [3.05, 3.63) is 17.7 Å². The number of methoxy groups -OCH3 is 1. The maximum Gasteiger partial charge on any atom is 0.231 e. The van der Waals surface area contributed by atoms with Crippen molar-refractivity contribution < 1.29 is 18.9 Å². The summed E-state index contributed by atoms with van der Waals surface area (Å²) >= 11 is 0. The second-order valence-electron chi connectivity index (χ2n) is 5.49. The summed E-state index contributed by atoms with van der Waals surface area (Å²) < 4.78 is 21.9. The average Bonchev–Trinajstić information content (AvgIpc) is 3.00. The second kappa shape index (κ2) is 7.00. The number of benzene rings is 1. The molecule has 1 aromatic rings. The van der Waals surface area contributed by atoms with E-state index < -0.39 is 0 Å². The lowest BCUT2D eigenvalue weighted by molar-refractivity contribution is 0.0115. The van der Waals surface area contributed by atoms with Crippen molar-refractivity contribution in [3.8, 4) is 17.2 Å². The van der Waals surface area contributed by atoms with E-state index in [0.717, 1.165) is 43.2 Å². The van der Waals surface area contributed by atoms with E-state index in [2.05, 4.69) is 5.32 Å². The zero-order valence-corrected chi connectivity index (χ0v) is 12.5. The van der Waals surface area contributed by atoms with E-state index in [9.17, 15) is 0 Å². The number of hydrogen-bond acceptors (Lipinski definition) is 5. The molecule has 0 bridgehead atoms. The Morgan fingerprint density at radius 2 is 2.24 bits per heavy atom. The molecule has 2 aliphatic rings. The molecule has 5 heteroatoms. The molecule has 1 atom stereocenters. The summed E-state index contributed by atoms with van der Waals surface area (Å²) in [4.78, 5) is 0. The maximum absolute atomic E-state index is 5.73. The number of nitrogens with one attached hydrogen (secondary N) is 1. The molecule has 116 valence electrons. The monoisotopic (exact) mass is 293 g/mol. The topological polar surface area (TPSA) is 49.0 Å². The number of ether oxygens (including phenoxy) is 4. The fourth-order valence-electron chi connectivity index (χ4n) is 2.82. The minimum Gasteiger partial charge on any atom is -0.493 e. The van der Waals surface area contributed by atoms with E-state index in [4.69, 9.17) is 18.9 Å². The van der Waals surface area contributed by atoms with Crippen LogP contribution in [0.3, 0.4) is 0 Å². The smallest absolute Gasteiger partial charge is 0.231 e. The third kappa shape index (κ3) is 3.60. The zero-order chi connectivity index (χ0) is 14.5. The van der Waals surface area contributed by atoms with E-state index in [0.29, 0.717) is 11.9 Å². The van der Waals surface area contributed by atoms with E-state index in [1.807, 2.05) is 12.1 Å². The number of fused-ring (bicyclic) bond motifs is 1. The van der Waals surface area contributed by atoms with Gasteiger partial charge in [0.1, 0.15) is 0 Å². The Labute approximate surface area is 125 Å². The van der Waals surface area contributed by atoms with Crippen molar-refractivity contribution in [1.82, 2.24) is 5.32 Å². The largest absolute Gasteiger partial charge is 0.493 e. The van der Waals surface area contributed by atoms with Crippen LogP contribution in [0.15, 0.2) is 12.1 Å². The Morgan fingerprint density at radius 3 is 3.05 bits per heavy atom. The predicted octanol–water partition coefficient (Wildman–Crippen LogP) is 2.47. The first-order valence-corrected chi connectivity index (χ1v) is 7.65. The fraction of sp³-hybridized carbons (Fsp3) is 0.625. The van der Waals surface area contributed by atoms with Crippen LogP contribution in [-0.4, -0.2) is 33.2 Å². The van der Waals surface area contributed by atoms with E-state index in [1.54, 1.807) is 7.11 Å². The highest BCUT2D eigenvalue weighted by Crippen LogP contribution is 2.41. The van der Waals surface area contributed by atoms with Gasteiger partial charge in [0.05, 0.1) is 13.2 Å². The molecule has 0 radical (unpaired) electrons. The van der Waals surface area contributed by atoms with Crippen LogP contribution < -0.4 is 19.5 Å². The summed E-state index contributed by atoms with van der Waals surface area (Å²) in [5.41, 5.74) is 1.14. The second-order valence-corrected chi connectivity index (χ2v) is 5.49. The molecular weight excluding hydrogens is 270 g/mol. The predicted molar refractivity (Wildman–Crippen MR) is 79.0 cm³/mol. The Hall–Kier alpha value is -1.46. The number of rotatable bonds is 6. The molecule has 2 aliphatic heterocycles. The molecule has 1 saturated heterocycles. The maximum atomic E-state index is 5.73. The molecule has 0 aliphatic carbocycles. The van der Waals surface area contributed by atoms with Crippen molar-refractivity contribution in [3.63, 3.8) is 0 Å². The SMILES string of the molecule is COc1cc(CNCCC2CCCCO2)cc2c1OCO2. The first-order valence-electron chi connectivity index (χ1n) is 7.65. The molecule has 3 rings (SSSR count). The molecule has 1 unspecified atom stereocenters.